The average Bonchev–Trinajstić information content (AvgIpc) is 2.05. The van der Waals surface area contributed by atoms with Crippen LogP contribution in [-0.4, -0.2) is 37.0 Å². The number of hydrogen-bond acceptors (Lipinski definition) is 3. The van der Waals surface area contributed by atoms with Crippen LogP contribution in [0.5, 0.6) is 0 Å². The number of rotatable bonds is 1. The third kappa shape index (κ3) is 1.90. The van der Waals surface area contributed by atoms with E-state index in [1.54, 1.807) is 0 Å². The molecule has 4 nitrogen and oxygen atoms in total. The van der Waals surface area contributed by atoms with Crippen molar-refractivity contribution in [1.29, 1.82) is 5.26 Å². The molecule has 0 aromatic heterocycles. The van der Waals surface area contributed by atoms with Gasteiger partial charge >= 0.3 is 0 Å². The van der Waals surface area contributed by atoms with Gasteiger partial charge in [0.05, 0.1) is 13.2 Å². The number of likely N-dealkylation sites (N-methyl/N-ethyl adjacent to an activating group) is 1. The largest absolute Gasteiger partial charge is 0.633 e. The molecule has 1 heterocycles. The van der Waals surface area contributed by atoms with Crippen LogP contribution in [0, 0.1) is 16.5 Å². The summed E-state index contributed by atoms with van der Waals surface area (Å²) in [6, 6.07) is 1.96. The molecule has 2 unspecified atom stereocenters. The standard InChI is InChI=1S/C7H12N2O2/c1-2-9(10)3-4-11-7(5-8)6-9/h7H,2-4,6H2,1H3. The van der Waals surface area contributed by atoms with Crippen LogP contribution in [-0.2, 0) is 4.74 Å². The Bertz CT molecular complexity index is 178. The van der Waals surface area contributed by atoms with E-state index in [-0.39, 0.29) is 11.2 Å². The van der Waals surface area contributed by atoms with Crippen LogP contribution < -0.4 is 0 Å². The molecule has 0 aromatic carbocycles. The average molecular weight is 156 g/mol. The molecule has 11 heavy (non-hydrogen) atoms. The van der Waals surface area contributed by atoms with Crippen molar-refractivity contribution in [2.75, 3.05) is 26.2 Å². The Morgan fingerprint density at radius 2 is 2.55 bits per heavy atom. The van der Waals surface area contributed by atoms with E-state index >= 15 is 0 Å². The molecule has 0 radical (unpaired) electrons. The Balaban J connectivity index is 2.53. The first kappa shape index (κ1) is 8.47. The third-order valence-electron chi connectivity index (χ3n) is 2.04. The molecule has 1 fully saturated rings. The van der Waals surface area contributed by atoms with Gasteiger partial charge in [-0.15, -0.1) is 0 Å². The first-order valence-corrected chi connectivity index (χ1v) is 3.78. The number of nitriles is 1. The molecule has 0 bridgehead atoms. The summed E-state index contributed by atoms with van der Waals surface area (Å²) >= 11 is 0. The summed E-state index contributed by atoms with van der Waals surface area (Å²) < 4.78 is 4.77. The van der Waals surface area contributed by atoms with Gasteiger partial charge in [-0.3, -0.25) is 0 Å². The van der Waals surface area contributed by atoms with Crippen LogP contribution in [0.2, 0.25) is 0 Å². The second-order valence-electron chi connectivity index (χ2n) is 2.77. The molecule has 0 aromatic rings. The van der Waals surface area contributed by atoms with E-state index < -0.39 is 6.10 Å². The summed E-state index contributed by atoms with van der Waals surface area (Å²) in [5.41, 5.74) is 0. The molecule has 1 aliphatic rings. The van der Waals surface area contributed by atoms with Gasteiger partial charge in [-0.1, -0.05) is 0 Å². The monoisotopic (exact) mass is 156 g/mol. The molecule has 4 heteroatoms. The summed E-state index contributed by atoms with van der Waals surface area (Å²) in [6.45, 7) is 3.55. The normalized spacial score (nSPS) is 38.1. The van der Waals surface area contributed by atoms with E-state index in [2.05, 4.69) is 0 Å². The highest BCUT2D eigenvalue weighted by molar-refractivity contribution is 4.85. The molecular weight excluding hydrogens is 144 g/mol. The van der Waals surface area contributed by atoms with E-state index in [0.29, 0.717) is 19.7 Å². The smallest absolute Gasteiger partial charge is 0.193 e. The van der Waals surface area contributed by atoms with Gasteiger partial charge in [-0.2, -0.15) is 5.26 Å². The molecular formula is C7H12N2O2. The number of morpholine rings is 1. The zero-order chi connectivity index (χ0) is 8.32. The first-order chi connectivity index (χ1) is 5.20. The fourth-order valence-corrected chi connectivity index (χ4v) is 1.17. The number of hydroxylamine groups is 3. The number of ether oxygens (including phenoxy) is 1. The predicted octanol–water partition coefficient (Wildman–Crippen LogP) is 0.243. The van der Waals surface area contributed by atoms with Gasteiger partial charge in [0.2, 0.25) is 0 Å². The minimum absolute atomic E-state index is 0.280. The van der Waals surface area contributed by atoms with Gasteiger partial charge < -0.3 is 14.6 Å². The van der Waals surface area contributed by atoms with Crippen molar-refractivity contribution in [3.8, 4) is 6.07 Å². The van der Waals surface area contributed by atoms with Crippen molar-refractivity contribution < 1.29 is 9.38 Å². The molecule has 1 rings (SSSR count). The van der Waals surface area contributed by atoms with E-state index in [9.17, 15) is 5.21 Å². The van der Waals surface area contributed by atoms with Crippen molar-refractivity contribution in [1.82, 2.24) is 0 Å². The van der Waals surface area contributed by atoms with Gasteiger partial charge in [0.1, 0.15) is 19.2 Å². The number of quaternary nitrogens is 1. The molecule has 0 aliphatic carbocycles. The Labute approximate surface area is 66.1 Å². The summed E-state index contributed by atoms with van der Waals surface area (Å²) in [4.78, 5) is 0. The highest BCUT2D eigenvalue weighted by atomic mass is 16.6. The van der Waals surface area contributed by atoms with Crippen LogP contribution in [0.3, 0.4) is 0 Å². The molecule has 0 saturated carbocycles. The SMILES string of the molecule is CC[N+]1([O-])CCOC(C#N)C1. The van der Waals surface area contributed by atoms with Gasteiger partial charge in [-0.25, -0.2) is 0 Å². The molecule has 62 valence electrons. The molecule has 1 aliphatic heterocycles. The number of nitrogens with zero attached hydrogens (tertiary/aromatic N) is 2. The quantitative estimate of drug-likeness (QED) is 0.403. The lowest BCUT2D eigenvalue weighted by atomic mass is 10.3. The van der Waals surface area contributed by atoms with E-state index in [0.717, 1.165) is 0 Å². The lowest BCUT2D eigenvalue weighted by Crippen LogP contribution is -2.53. The Hall–Kier alpha value is -0.630. The zero-order valence-corrected chi connectivity index (χ0v) is 6.62. The second-order valence-corrected chi connectivity index (χ2v) is 2.77. The van der Waals surface area contributed by atoms with Gasteiger partial charge in [0.15, 0.2) is 6.10 Å². The maximum absolute atomic E-state index is 11.6. The molecule has 0 amide bonds. The van der Waals surface area contributed by atoms with Crippen LogP contribution >= 0.6 is 0 Å². The summed E-state index contributed by atoms with van der Waals surface area (Å²) in [5.74, 6) is 0. The second kappa shape index (κ2) is 3.18. The maximum Gasteiger partial charge on any atom is 0.193 e. The minimum atomic E-state index is -0.499. The zero-order valence-electron chi connectivity index (χ0n) is 6.62. The van der Waals surface area contributed by atoms with Gasteiger partial charge in [-0.05, 0) is 6.92 Å². The fourth-order valence-electron chi connectivity index (χ4n) is 1.17. The number of hydrogen-bond donors (Lipinski definition) is 0. The van der Waals surface area contributed by atoms with Gasteiger partial charge in [0, 0.05) is 0 Å². The Kier molecular flexibility index (Phi) is 2.45. The third-order valence-corrected chi connectivity index (χ3v) is 2.04. The van der Waals surface area contributed by atoms with Crippen LogP contribution in [0.4, 0.5) is 0 Å². The van der Waals surface area contributed by atoms with Crippen molar-refractivity contribution in [3.63, 3.8) is 0 Å². The molecule has 0 N–H and O–H groups in total. The van der Waals surface area contributed by atoms with Crippen molar-refractivity contribution in [3.05, 3.63) is 5.21 Å². The van der Waals surface area contributed by atoms with Crippen LogP contribution in [0.25, 0.3) is 0 Å². The van der Waals surface area contributed by atoms with E-state index in [1.807, 2.05) is 13.0 Å². The maximum atomic E-state index is 11.6. The van der Waals surface area contributed by atoms with E-state index in [1.165, 1.54) is 0 Å². The highest BCUT2D eigenvalue weighted by Crippen LogP contribution is 2.12. The minimum Gasteiger partial charge on any atom is -0.633 e. The predicted molar refractivity (Wildman–Crippen MR) is 39.3 cm³/mol. The van der Waals surface area contributed by atoms with E-state index in [4.69, 9.17) is 10.00 Å². The van der Waals surface area contributed by atoms with Crippen molar-refractivity contribution >= 4 is 0 Å². The molecule has 1 saturated heterocycles. The Morgan fingerprint density at radius 1 is 1.82 bits per heavy atom. The van der Waals surface area contributed by atoms with Crippen molar-refractivity contribution in [2.45, 2.75) is 13.0 Å². The van der Waals surface area contributed by atoms with Crippen LogP contribution in [0.1, 0.15) is 6.92 Å². The summed E-state index contributed by atoms with van der Waals surface area (Å²) in [5, 5.41) is 20.1. The topological polar surface area (TPSA) is 56.1 Å². The Morgan fingerprint density at radius 3 is 3.09 bits per heavy atom. The van der Waals surface area contributed by atoms with Crippen molar-refractivity contribution in [2.24, 2.45) is 0 Å². The van der Waals surface area contributed by atoms with Crippen LogP contribution in [0.15, 0.2) is 0 Å². The first-order valence-electron chi connectivity index (χ1n) is 3.78. The fraction of sp³-hybridized carbons (Fsp3) is 0.857. The summed E-state index contributed by atoms with van der Waals surface area (Å²) in [7, 11) is 0. The van der Waals surface area contributed by atoms with Gasteiger partial charge in [0.25, 0.3) is 0 Å². The lowest BCUT2D eigenvalue weighted by Gasteiger charge is -2.45. The molecule has 2 atom stereocenters. The summed E-state index contributed by atoms with van der Waals surface area (Å²) in [6.07, 6.45) is -0.499. The lowest BCUT2D eigenvalue weighted by molar-refractivity contribution is -0.889. The highest BCUT2D eigenvalue weighted by Gasteiger charge is 2.26. The molecule has 0 spiro atoms.